The van der Waals surface area contributed by atoms with Crippen molar-refractivity contribution >= 4 is 17.0 Å². The molecule has 0 saturated carbocycles. The Morgan fingerprint density at radius 2 is 1.89 bits per heavy atom. The van der Waals surface area contributed by atoms with Crippen molar-refractivity contribution in [3.63, 3.8) is 0 Å². The lowest BCUT2D eigenvalue weighted by Gasteiger charge is -2.21. The fraction of sp³-hybridized carbons (Fsp3) is 0.519. The first-order valence-corrected chi connectivity index (χ1v) is 12.3. The summed E-state index contributed by atoms with van der Waals surface area (Å²) < 4.78 is 14.5. The maximum atomic E-state index is 12.5. The van der Waals surface area contributed by atoms with Crippen LogP contribution < -0.4 is 10.9 Å². The normalized spacial score (nSPS) is 14.2. The molecule has 0 saturated heterocycles. The van der Waals surface area contributed by atoms with E-state index in [9.17, 15) is 14.7 Å². The van der Waals surface area contributed by atoms with Gasteiger partial charge >= 0.3 is 5.97 Å². The maximum absolute atomic E-state index is 12.5. The molecule has 0 aliphatic carbocycles. The van der Waals surface area contributed by atoms with Crippen molar-refractivity contribution in [2.45, 2.75) is 59.4 Å². The number of aromatic nitrogens is 3. The highest BCUT2D eigenvalue weighted by molar-refractivity contribution is 5.82. The number of carbonyl (C=O) groups is 1. The molecular formula is C27H38N4O5. The van der Waals surface area contributed by atoms with E-state index in [4.69, 9.17) is 14.5 Å². The van der Waals surface area contributed by atoms with Crippen LogP contribution in [0.4, 0.5) is 0 Å². The molecular weight excluding hydrogens is 460 g/mol. The van der Waals surface area contributed by atoms with Crippen molar-refractivity contribution in [1.29, 1.82) is 0 Å². The minimum Gasteiger partial charge on any atom is -0.464 e. The van der Waals surface area contributed by atoms with Crippen LogP contribution in [0.15, 0.2) is 35.3 Å². The molecule has 0 aliphatic heterocycles. The third-order valence-corrected chi connectivity index (χ3v) is 6.04. The number of carbonyl (C=O) groups excluding carboxylic acids is 1. The number of benzene rings is 1. The molecule has 2 N–H and O–H groups in total. The number of pyridine rings is 1. The summed E-state index contributed by atoms with van der Waals surface area (Å²) in [6, 6.07) is 6.92. The highest BCUT2D eigenvalue weighted by Gasteiger charge is 2.25. The summed E-state index contributed by atoms with van der Waals surface area (Å²) >= 11 is 0. The Morgan fingerprint density at radius 3 is 2.50 bits per heavy atom. The number of methoxy groups -OCH3 is 1. The lowest BCUT2D eigenvalue weighted by molar-refractivity contribution is -0.150. The summed E-state index contributed by atoms with van der Waals surface area (Å²) in [5.41, 5.74) is 4.10. The van der Waals surface area contributed by atoms with Crippen molar-refractivity contribution in [3.05, 3.63) is 51.9 Å². The van der Waals surface area contributed by atoms with Gasteiger partial charge in [0.05, 0.1) is 36.4 Å². The van der Waals surface area contributed by atoms with E-state index in [1.54, 1.807) is 38.8 Å². The third kappa shape index (κ3) is 6.21. The minimum atomic E-state index is -0.903. The van der Waals surface area contributed by atoms with Gasteiger partial charge in [-0.2, -0.15) is 0 Å². The van der Waals surface area contributed by atoms with Gasteiger partial charge in [0.1, 0.15) is 11.9 Å². The number of hydrogen-bond acceptors (Lipinski definition) is 7. The van der Waals surface area contributed by atoms with Gasteiger partial charge in [-0.25, -0.2) is 4.98 Å². The topological polar surface area (TPSA) is 108 Å². The number of aryl methyl sites for hydroxylation is 2. The van der Waals surface area contributed by atoms with E-state index in [-0.39, 0.29) is 17.5 Å². The number of aliphatic hydroxyl groups is 1. The fourth-order valence-electron chi connectivity index (χ4n) is 4.23. The zero-order valence-corrected chi connectivity index (χ0v) is 22.2. The molecule has 1 aromatic carbocycles. The lowest BCUT2D eigenvalue weighted by Crippen LogP contribution is -2.45. The second-order valence-corrected chi connectivity index (χ2v) is 9.88. The number of imidazole rings is 1. The molecule has 0 amide bonds. The molecule has 9 nitrogen and oxygen atoms in total. The Balaban J connectivity index is 1.97. The van der Waals surface area contributed by atoms with E-state index in [1.165, 1.54) is 0 Å². The molecule has 0 fully saturated rings. The predicted octanol–water partition coefficient (Wildman–Crippen LogP) is 2.96. The van der Waals surface area contributed by atoms with Gasteiger partial charge in [-0.1, -0.05) is 19.9 Å². The molecule has 2 aromatic heterocycles. The van der Waals surface area contributed by atoms with E-state index in [0.717, 1.165) is 28.0 Å². The molecule has 3 unspecified atom stereocenters. The van der Waals surface area contributed by atoms with Crippen molar-refractivity contribution in [1.82, 2.24) is 19.4 Å². The number of hydrogen-bond donors (Lipinski definition) is 2. The van der Waals surface area contributed by atoms with E-state index in [0.29, 0.717) is 25.3 Å². The monoisotopic (exact) mass is 498 g/mol. The molecule has 9 heteroatoms. The number of ether oxygens (including phenoxy) is 2. The first-order valence-electron chi connectivity index (χ1n) is 12.3. The standard InChI is InChI=1S/C27H38N4O5/c1-16(2)14-36-27(34)24(19(5)32)28-12-20-8-9-22-23(11-20)31(18(4)15-35-7)25(29-22)21-10-17(3)26(33)30(6)13-21/h8-11,13,16,18-19,24,28,32H,12,14-15H2,1-7H3. The lowest BCUT2D eigenvalue weighted by atomic mass is 10.1. The highest BCUT2D eigenvalue weighted by Crippen LogP contribution is 2.29. The predicted molar refractivity (Wildman–Crippen MR) is 140 cm³/mol. The van der Waals surface area contributed by atoms with E-state index >= 15 is 0 Å². The summed E-state index contributed by atoms with van der Waals surface area (Å²) in [5, 5.41) is 13.3. The van der Waals surface area contributed by atoms with Gasteiger partial charge in [0.25, 0.3) is 5.56 Å². The quantitative estimate of drug-likeness (QED) is 0.391. The van der Waals surface area contributed by atoms with Crippen molar-refractivity contribution in [2.24, 2.45) is 13.0 Å². The number of rotatable bonds is 11. The molecule has 3 atom stereocenters. The van der Waals surface area contributed by atoms with E-state index < -0.39 is 18.1 Å². The van der Waals surface area contributed by atoms with Crippen LogP contribution in [0.5, 0.6) is 0 Å². The Kier molecular flexibility index (Phi) is 9.05. The number of fused-ring (bicyclic) bond motifs is 1. The first kappa shape index (κ1) is 27.6. The van der Waals surface area contributed by atoms with Crippen LogP contribution in [0.2, 0.25) is 0 Å². The second kappa shape index (κ2) is 11.8. The Hall–Kier alpha value is -3.01. The number of nitrogens with zero attached hydrogens (tertiary/aromatic N) is 3. The largest absolute Gasteiger partial charge is 0.464 e. The summed E-state index contributed by atoms with van der Waals surface area (Å²) in [7, 11) is 3.40. The summed E-state index contributed by atoms with van der Waals surface area (Å²) in [6.45, 7) is 10.5. The number of aliphatic hydroxyl groups excluding tert-OH is 1. The zero-order chi connectivity index (χ0) is 26.6. The summed E-state index contributed by atoms with van der Waals surface area (Å²) in [4.78, 5) is 29.6. The Morgan fingerprint density at radius 1 is 1.17 bits per heavy atom. The zero-order valence-electron chi connectivity index (χ0n) is 22.2. The minimum absolute atomic E-state index is 0.0213. The van der Waals surface area contributed by atoms with E-state index in [1.807, 2.05) is 38.1 Å². The van der Waals surface area contributed by atoms with E-state index in [2.05, 4.69) is 16.8 Å². The van der Waals surface area contributed by atoms with Crippen LogP contribution in [0.3, 0.4) is 0 Å². The van der Waals surface area contributed by atoms with Crippen LogP contribution in [0.25, 0.3) is 22.4 Å². The SMILES string of the molecule is COCC(C)n1c(-c2cc(C)c(=O)n(C)c2)nc2ccc(CNC(C(=O)OCC(C)C)C(C)O)cc21. The van der Waals surface area contributed by atoms with Crippen molar-refractivity contribution < 1.29 is 19.4 Å². The van der Waals surface area contributed by atoms with Gasteiger partial charge in [0.2, 0.25) is 0 Å². The molecule has 196 valence electrons. The van der Waals surface area contributed by atoms with Crippen LogP contribution >= 0.6 is 0 Å². The average Bonchev–Trinajstić information content (AvgIpc) is 3.20. The molecule has 3 rings (SSSR count). The third-order valence-electron chi connectivity index (χ3n) is 6.04. The van der Waals surface area contributed by atoms with Crippen molar-refractivity contribution in [3.8, 4) is 11.4 Å². The Labute approximate surface area is 212 Å². The molecule has 0 aliphatic rings. The smallest absolute Gasteiger partial charge is 0.325 e. The highest BCUT2D eigenvalue weighted by atomic mass is 16.5. The maximum Gasteiger partial charge on any atom is 0.325 e. The molecule has 0 bridgehead atoms. The number of esters is 1. The van der Waals surface area contributed by atoms with Crippen LogP contribution in [-0.4, -0.2) is 57.7 Å². The van der Waals surface area contributed by atoms with Gasteiger partial charge < -0.3 is 23.7 Å². The van der Waals surface area contributed by atoms with Crippen LogP contribution in [-0.2, 0) is 27.9 Å². The van der Waals surface area contributed by atoms with Gasteiger partial charge in [0.15, 0.2) is 0 Å². The van der Waals surface area contributed by atoms with Gasteiger partial charge in [-0.15, -0.1) is 0 Å². The molecule has 3 aromatic rings. The average molecular weight is 499 g/mol. The molecule has 0 radical (unpaired) electrons. The van der Waals surface area contributed by atoms with Crippen LogP contribution in [0.1, 0.15) is 44.9 Å². The van der Waals surface area contributed by atoms with Gasteiger partial charge in [0, 0.05) is 38.0 Å². The first-order chi connectivity index (χ1) is 17.0. The summed E-state index contributed by atoms with van der Waals surface area (Å²) in [6.07, 6.45) is 0.894. The van der Waals surface area contributed by atoms with Crippen LogP contribution in [0, 0.1) is 12.8 Å². The molecule has 0 spiro atoms. The fourth-order valence-corrected chi connectivity index (χ4v) is 4.23. The second-order valence-electron chi connectivity index (χ2n) is 9.88. The summed E-state index contributed by atoms with van der Waals surface area (Å²) in [5.74, 6) is 0.494. The molecule has 2 heterocycles. The van der Waals surface area contributed by atoms with Gasteiger partial charge in [-0.3, -0.25) is 14.9 Å². The molecule has 36 heavy (non-hydrogen) atoms. The van der Waals surface area contributed by atoms with Crippen molar-refractivity contribution in [2.75, 3.05) is 20.3 Å². The Bertz CT molecular complexity index is 1230. The number of nitrogens with one attached hydrogen (secondary N) is 1. The van der Waals surface area contributed by atoms with Gasteiger partial charge in [-0.05, 0) is 50.5 Å².